The molecule has 2 aliphatic carbocycles. The van der Waals surface area contributed by atoms with Gasteiger partial charge < -0.3 is 4.74 Å². The highest BCUT2D eigenvalue weighted by Crippen LogP contribution is 2.41. The van der Waals surface area contributed by atoms with E-state index in [4.69, 9.17) is 4.74 Å². The highest BCUT2D eigenvalue weighted by molar-refractivity contribution is 5.33. The molecule has 0 N–H and O–H groups in total. The molecule has 0 heterocycles. The van der Waals surface area contributed by atoms with Crippen LogP contribution in [0.1, 0.15) is 122 Å². The molecule has 31 heavy (non-hydrogen) atoms. The smallest absolute Gasteiger partial charge is 0.200 e. The van der Waals surface area contributed by atoms with Crippen molar-refractivity contribution >= 4 is 0 Å². The Labute approximate surface area is 189 Å². The summed E-state index contributed by atoms with van der Waals surface area (Å²) in [5.41, 5.74) is 0.552. The Balaban J connectivity index is 1.35. The van der Waals surface area contributed by atoms with E-state index < -0.39 is 11.6 Å². The molecule has 0 aromatic heterocycles. The third kappa shape index (κ3) is 7.19. The quantitative estimate of drug-likeness (QED) is 0.315. The van der Waals surface area contributed by atoms with E-state index in [0.717, 1.165) is 43.4 Å². The van der Waals surface area contributed by atoms with Crippen molar-refractivity contribution in [1.82, 2.24) is 0 Å². The van der Waals surface area contributed by atoms with Crippen molar-refractivity contribution in [2.24, 2.45) is 17.8 Å². The molecule has 1 nitrogen and oxygen atoms in total. The molecule has 0 bridgehead atoms. The van der Waals surface area contributed by atoms with E-state index in [-0.39, 0.29) is 11.7 Å². The third-order valence-corrected chi connectivity index (χ3v) is 8.08. The molecule has 0 spiro atoms. The van der Waals surface area contributed by atoms with Gasteiger partial charge in [0.1, 0.15) is 0 Å². The Morgan fingerprint density at radius 2 is 1.29 bits per heavy atom. The maximum Gasteiger partial charge on any atom is 0.200 e. The summed E-state index contributed by atoms with van der Waals surface area (Å²) < 4.78 is 34.0. The van der Waals surface area contributed by atoms with Gasteiger partial charge in [0.05, 0.1) is 6.61 Å². The van der Waals surface area contributed by atoms with Crippen molar-refractivity contribution in [1.29, 1.82) is 0 Å². The van der Waals surface area contributed by atoms with E-state index in [1.54, 1.807) is 19.1 Å². The van der Waals surface area contributed by atoms with Gasteiger partial charge in [-0.1, -0.05) is 83.6 Å². The zero-order valence-corrected chi connectivity index (χ0v) is 19.9. The minimum Gasteiger partial charge on any atom is -0.491 e. The van der Waals surface area contributed by atoms with Gasteiger partial charge in [-0.25, -0.2) is 4.39 Å². The lowest BCUT2D eigenvalue weighted by Gasteiger charge is -2.32. The molecule has 2 fully saturated rings. The van der Waals surface area contributed by atoms with Crippen LogP contribution in [0.25, 0.3) is 0 Å². The Morgan fingerprint density at radius 3 is 1.87 bits per heavy atom. The lowest BCUT2D eigenvalue weighted by Crippen LogP contribution is -2.18. The first-order chi connectivity index (χ1) is 15.1. The van der Waals surface area contributed by atoms with Crippen molar-refractivity contribution in [3.05, 3.63) is 29.3 Å². The Morgan fingerprint density at radius 1 is 0.710 bits per heavy atom. The number of halogens is 2. The maximum atomic E-state index is 14.6. The van der Waals surface area contributed by atoms with Crippen molar-refractivity contribution in [2.75, 3.05) is 6.61 Å². The van der Waals surface area contributed by atoms with Crippen LogP contribution in [0.5, 0.6) is 5.75 Å². The predicted octanol–water partition coefficient (Wildman–Crippen LogP) is 9.19. The molecule has 3 rings (SSSR count). The molecular formula is C28H44F2O. The fraction of sp³-hybridized carbons (Fsp3) is 0.786. The minimum atomic E-state index is -0.817. The van der Waals surface area contributed by atoms with E-state index in [1.165, 1.54) is 70.6 Å². The molecule has 0 unspecified atom stereocenters. The van der Waals surface area contributed by atoms with Gasteiger partial charge in [0, 0.05) is 0 Å². The lowest BCUT2D eigenvalue weighted by atomic mass is 9.74. The van der Waals surface area contributed by atoms with Gasteiger partial charge in [0.15, 0.2) is 11.6 Å². The van der Waals surface area contributed by atoms with Crippen molar-refractivity contribution in [3.63, 3.8) is 0 Å². The first-order valence-electron chi connectivity index (χ1n) is 13.2. The van der Waals surface area contributed by atoms with Crippen LogP contribution in [0, 0.1) is 29.4 Å². The summed E-state index contributed by atoms with van der Waals surface area (Å²) in [6.07, 6.45) is 19.8. The molecule has 1 aromatic carbocycles. The van der Waals surface area contributed by atoms with E-state index in [2.05, 4.69) is 6.92 Å². The van der Waals surface area contributed by atoms with Crippen molar-refractivity contribution < 1.29 is 13.5 Å². The molecule has 2 aliphatic rings. The largest absolute Gasteiger partial charge is 0.491 e. The average molecular weight is 435 g/mol. The van der Waals surface area contributed by atoms with Crippen LogP contribution >= 0.6 is 0 Å². The summed E-state index contributed by atoms with van der Waals surface area (Å²) in [7, 11) is 0. The van der Waals surface area contributed by atoms with E-state index >= 15 is 0 Å². The summed E-state index contributed by atoms with van der Waals surface area (Å²) in [4.78, 5) is 0. The molecule has 2 saturated carbocycles. The molecule has 1 aromatic rings. The number of hydrogen-bond acceptors (Lipinski definition) is 1. The summed E-state index contributed by atoms with van der Waals surface area (Å²) >= 11 is 0. The first-order valence-corrected chi connectivity index (χ1v) is 13.2. The summed E-state index contributed by atoms with van der Waals surface area (Å²) in [6.45, 7) is 4.42. The van der Waals surface area contributed by atoms with Gasteiger partial charge >= 0.3 is 0 Å². The highest BCUT2D eigenvalue weighted by Gasteiger charge is 2.28. The van der Waals surface area contributed by atoms with Gasteiger partial charge in [0.2, 0.25) is 5.82 Å². The molecular weight excluding hydrogens is 390 g/mol. The number of rotatable bonds is 11. The first kappa shape index (κ1) is 24.5. The van der Waals surface area contributed by atoms with Gasteiger partial charge in [-0.3, -0.25) is 0 Å². The van der Waals surface area contributed by atoms with E-state index in [0.29, 0.717) is 12.2 Å². The molecule has 0 radical (unpaired) electrons. The van der Waals surface area contributed by atoms with Gasteiger partial charge in [-0.2, -0.15) is 4.39 Å². The second-order valence-electron chi connectivity index (χ2n) is 10.2. The topological polar surface area (TPSA) is 9.23 Å². The molecule has 0 saturated heterocycles. The van der Waals surface area contributed by atoms with Crippen molar-refractivity contribution in [3.8, 4) is 5.75 Å². The van der Waals surface area contributed by atoms with Gasteiger partial charge in [0.25, 0.3) is 0 Å². The van der Waals surface area contributed by atoms with Gasteiger partial charge in [-0.05, 0) is 67.9 Å². The van der Waals surface area contributed by atoms with Crippen LogP contribution < -0.4 is 4.74 Å². The molecule has 3 heteroatoms. The number of ether oxygens (including phenoxy) is 1. The predicted molar refractivity (Wildman–Crippen MR) is 126 cm³/mol. The third-order valence-electron chi connectivity index (χ3n) is 8.08. The van der Waals surface area contributed by atoms with Crippen molar-refractivity contribution in [2.45, 2.75) is 116 Å². The fourth-order valence-corrected chi connectivity index (χ4v) is 6.03. The lowest BCUT2D eigenvalue weighted by molar-refractivity contribution is 0.221. The van der Waals surface area contributed by atoms with E-state index in [1.807, 2.05) is 0 Å². The van der Waals surface area contributed by atoms with Crippen LogP contribution in [-0.2, 0) is 0 Å². The van der Waals surface area contributed by atoms with Crippen LogP contribution in [0.15, 0.2) is 12.1 Å². The molecule has 176 valence electrons. The summed E-state index contributed by atoms with van der Waals surface area (Å²) in [5, 5.41) is 0. The zero-order valence-electron chi connectivity index (χ0n) is 19.9. The minimum absolute atomic E-state index is 0.0353. The van der Waals surface area contributed by atoms with Crippen LogP contribution in [0.3, 0.4) is 0 Å². The molecule has 0 aliphatic heterocycles. The number of unbranched alkanes of at least 4 members (excludes halogenated alkanes) is 3. The average Bonchev–Trinajstić information content (AvgIpc) is 2.80. The van der Waals surface area contributed by atoms with E-state index in [9.17, 15) is 8.78 Å². The van der Waals surface area contributed by atoms with Crippen LogP contribution in [0.4, 0.5) is 8.78 Å². The highest BCUT2D eigenvalue weighted by atomic mass is 19.2. The van der Waals surface area contributed by atoms with Crippen LogP contribution in [0.2, 0.25) is 0 Å². The van der Waals surface area contributed by atoms with Crippen LogP contribution in [-0.4, -0.2) is 6.61 Å². The number of benzene rings is 1. The molecule has 0 amide bonds. The fourth-order valence-electron chi connectivity index (χ4n) is 6.03. The normalized spacial score (nSPS) is 26.7. The monoisotopic (exact) mass is 434 g/mol. The standard InChI is InChI=1S/C28H44F2O/c1-3-5-6-7-8-21-9-11-22(12-10-21)13-14-23-15-17-24(18-16-23)25-19-20-26(31-4-2)28(30)27(25)29/h19-24H,3-18H2,1-2H3/t21-,22-,23-,24-. The number of hydrogen-bond donors (Lipinski definition) is 0. The summed E-state index contributed by atoms with van der Waals surface area (Å²) in [5.74, 6) is 1.38. The maximum absolute atomic E-state index is 14.6. The Hall–Kier alpha value is -1.12. The van der Waals surface area contributed by atoms with Gasteiger partial charge in [-0.15, -0.1) is 0 Å². The summed E-state index contributed by atoms with van der Waals surface area (Å²) in [6, 6.07) is 3.35. The Kier molecular flexibility index (Phi) is 10.1. The molecule has 0 atom stereocenters. The second-order valence-corrected chi connectivity index (χ2v) is 10.2. The SMILES string of the molecule is CCCCCC[C@H]1CC[C@H](CC[C@H]2CC[C@H](c3ccc(OCC)c(F)c3F)CC2)CC1. The zero-order chi connectivity index (χ0) is 22.1. The second kappa shape index (κ2) is 12.8. The Bertz CT molecular complexity index is 643.